The number of nitrogens with one attached hydrogen (secondary N) is 1. The molecule has 2 aromatic rings. The van der Waals surface area contributed by atoms with Crippen molar-refractivity contribution in [3.05, 3.63) is 54.3 Å². The van der Waals surface area contributed by atoms with Gasteiger partial charge in [-0.25, -0.2) is 4.39 Å². The highest BCUT2D eigenvalue weighted by atomic mass is 19.1. The molecule has 0 bridgehead atoms. The smallest absolute Gasteiger partial charge is 0.241 e. The molecule has 3 rings (SSSR count). The van der Waals surface area contributed by atoms with Crippen molar-refractivity contribution in [1.29, 1.82) is 0 Å². The van der Waals surface area contributed by atoms with Gasteiger partial charge in [0.15, 0.2) is 0 Å². The number of anilines is 3. The SMILES string of the molecule is CN(C)c1ccc(NCC(=O)N2CCN(c3ccccc3F)CC2)cc1. The van der Waals surface area contributed by atoms with Gasteiger partial charge in [-0.3, -0.25) is 4.79 Å². The Morgan fingerprint density at radius 1 is 1.04 bits per heavy atom. The Labute approximate surface area is 154 Å². The summed E-state index contributed by atoms with van der Waals surface area (Å²) in [5, 5.41) is 3.18. The number of benzene rings is 2. The highest BCUT2D eigenvalue weighted by molar-refractivity contribution is 5.81. The van der Waals surface area contributed by atoms with E-state index < -0.39 is 0 Å². The average Bonchev–Trinajstić information content (AvgIpc) is 2.67. The lowest BCUT2D eigenvalue weighted by Gasteiger charge is -2.36. The Morgan fingerprint density at radius 2 is 1.69 bits per heavy atom. The minimum absolute atomic E-state index is 0.0647. The molecule has 138 valence electrons. The summed E-state index contributed by atoms with van der Waals surface area (Å²) >= 11 is 0. The summed E-state index contributed by atoms with van der Waals surface area (Å²) in [4.78, 5) is 18.3. The molecule has 1 N–H and O–H groups in total. The van der Waals surface area contributed by atoms with E-state index >= 15 is 0 Å². The third kappa shape index (κ3) is 4.25. The summed E-state index contributed by atoms with van der Waals surface area (Å²) in [6.07, 6.45) is 0. The van der Waals surface area contributed by atoms with Crippen molar-refractivity contribution in [2.75, 3.05) is 61.9 Å². The third-order valence-electron chi connectivity index (χ3n) is 4.65. The lowest BCUT2D eigenvalue weighted by atomic mass is 10.2. The van der Waals surface area contributed by atoms with E-state index in [2.05, 4.69) is 5.32 Å². The van der Waals surface area contributed by atoms with Crippen LogP contribution in [0.15, 0.2) is 48.5 Å². The second kappa shape index (κ2) is 8.08. The lowest BCUT2D eigenvalue weighted by Crippen LogP contribution is -2.50. The van der Waals surface area contributed by atoms with Crippen LogP contribution in [-0.4, -0.2) is 57.6 Å². The number of hydrogen-bond donors (Lipinski definition) is 1. The monoisotopic (exact) mass is 356 g/mol. The minimum atomic E-state index is -0.213. The molecule has 1 aliphatic heterocycles. The molecule has 1 amide bonds. The Morgan fingerprint density at radius 3 is 2.31 bits per heavy atom. The van der Waals surface area contributed by atoms with Gasteiger partial charge in [-0.15, -0.1) is 0 Å². The van der Waals surface area contributed by atoms with Crippen LogP contribution in [0.2, 0.25) is 0 Å². The summed E-state index contributed by atoms with van der Waals surface area (Å²) in [6.45, 7) is 2.76. The highest BCUT2D eigenvalue weighted by Gasteiger charge is 2.22. The van der Waals surface area contributed by atoms with E-state index in [-0.39, 0.29) is 18.3 Å². The summed E-state index contributed by atoms with van der Waals surface area (Å²) in [5.74, 6) is -0.148. The molecule has 0 saturated carbocycles. The van der Waals surface area contributed by atoms with Gasteiger partial charge in [0.1, 0.15) is 5.82 Å². The van der Waals surface area contributed by atoms with E-state index in [1.165, 1.54) is 6.07 Å². The minimum Gasteiger partial charge on any atom is -0.378 e. The molecule has 0 atom stereocenters. The molecule has 1 heterocycles. The van der Waals surface area contributed by atoms with Crippen molar-refractivity contribution < 1.29 is 9.18 Å². The van der Waals surface area contributed by atoms with Crippen LogP contribution in [0.1, 0.15) is 0 Å². The van der Waals surface area contributed by atoms with Gasteiger partial charge >= 0.3 is 0 Å². The number of amides is 1. The van der Waals surface area contributed by atoms with E-state index in [1.807, 2.05) is 59.1 Å². The fourth-order valence-electron chi connectivity index (χ4n) is 3.07. The molecule has 1 saturated heterocycles. The van der Waals surface area contributed by atoms with Gasteiger partial charge in [0.2, 0.25) is 5.91 Å². The average molecular weight is 356 g/mol. The van der Waals surface area contributed by atoms with Crippen molar-refractivity contribution in [3.63, 3.8) is 0 Å². The van der Waals surface area contributed by atoms with Crippen LogP contribution in [0.3, 0.4) is 0 Å². The zero-order valence-corrected chi connectivity index (χ0v) is 15.3. The molecule has 26 heavy (non-hydrogen) atoms. The summed E-state index contributed by atoms with van der Waals surface area (Å²) in [7, 11) is 3.99. The molecule has 0 unspecified atom stereocenters. The Hall–Kier alpha value is -2.76. The number of rotatable bonds is 5. The first-order valence-corrected chi connectivity index (χ1v) is 8.83. The maximum atomic E-state index is 13.9. The summed E-state index contributed by atoms with van der Waals surface area (Å²) in [5.41, 5.74) is 2.65. The van der Waals surface area contributed by atoms with Crippen molar-refractivity contribution in [2.24, 2.45) is 0 Å². The third-order valence-corrected chi connectivity index (χ3v) is 4.65. The van der Waals surface area contributed by atoms with E-state index in [1.54, 1.807) is 12.1 Å². The van der Waals surface area contributed by atoms with Gasteiger partial charge < -0.3 is 20.0 Å². The first kappa shape index (κ1) is 18.0. The molecular weight excluding hydrogens is 331 g/mol. The molecule has 1 fully saturated rings. The standard InChI is InChI=1S/C20H25FN4O/c1-23(2)17-9-7-16(8-10-17)22-15-20(26)25-13-11-24(12-14-25)19-6-4-3-5-18(19)21/h3-10,22H,11-15H2,1-2H3. The van der Waals surface area contributed by atoms with Crippen LogP contribution in [0.25, 0.3) is 0 Å². The molecule has 2 aromatic carbocycles. The van der Waals surface area contributed by atoms with Crippen LogP contribution in [0.5, 0.6) is 0 Å². The number of nitrogens with zero attached hydrogens (tertiary/aromatic N) is 3. The topological polar surface area (TPSA) is 38.8 Å². The van der Waals surface area contributed by atoms with Gasteiger partial charge in [0.25, 0.3) is 0 Å². The predicted octanol–water partition coefficient (Wildman–Crippen LogP) is 2.65. The molecule has 0 spiro atoms. The van der Waals surface area contributed by atoms with Crippen molar-refractivity contribution in [2.45, 2.75) is 0 Å². The number of carbonyl (C=O) groups excluding carboxylic acids is 1. The zero-order valence-electron chi connectivity index (χ0n) is 15.3. The molecule has 0 radical (unpaired) electrons. The first-order valence-electron chi connectivity index (χ1n) is 8.83. The van der Waals surface area contributed by atoms with E-state index in [0.717, 1.165) is 11.4 Å². The van der Waals surface area contributed by atoms with Crippen molar-refractivity contribution in [3.8, 4) is 0 Å². The number of para-hydroxylation sites is 1. The Kier molecular flexibility index (Phi) is 5.61. The second-order valence-electron chi connectivity index (χ2n) is 6.61. The highest BCUT2D eigenvalue weighted by Crippen LogP contribution is 2.20. The fourth-order valence-corrected chi connectivity index (χ4v) is 3.07. The normalized spacial score (nSPS) is 14.3. The number of hydrogen-bond acceptors (Lipinski definition) is 4. The molecule has 0 aliphatic carbocycles. The zero-order chi connectivity index (χ0) is 18.5. The van der Waals surface area contributed by atoms with Crippen molar-refractivity contribution in [1.82, 2.24) is 4.90 Å². The maximum Gasteiger partial charge on any atom is 0.241 e. The number of piperazine rings is 1. The second-order valence-corrected chi connectivity index (χ2v) is 6.61. The quantitative estimate of drug-likeness (QED) is 0.894. The molecular formula is C20H25FN4O. The Bertz CT molecular complexity index is 740. The van der Waals surface area contributed by atoms with Crippen LogP contribution < -0.4 is 15.1 Å². The van der Waals surface area contributed by atoms with Crippen LogP contribution in [0.4, 0.5) is 21.5 Å². The van der Waals surface area contributed by atoms with Gasteiger partial charge in [-0.2, -0.15) is 0 Å². The summed E-state index contributed by atoms with van der Waals surface area (Å²) in [6, 6.07) is 14.7. The molecule has 6 heteroatoms. The van der Waals surface area contributed by atoms with Gasteiger partial charge in [-0.05, 0) is 36.4 Å². The van der Waals surface area contributed by atoms with E-state index in [0.29, 0.717) is 31.9 Å². The first-order chi connectivity index (χ1) is 12.5. The van der Waals surface area contributed by atoms with E-state index in [4.69, 9.17) is 0 Å². The Balaban J connectivity index is 1.48. The van der Waals surface area contributed by atoms with Gasteiger partial charge in [-0.1, -0.05) is 12.1 Å². The molecule has 5 nitrogen and oxygen atoms in total. The van der Waals surface area contributed by atoms with Crippen LogP contribution in [0, 0.1) is 5.82 Å². The molecule has 1 aliphatic rings. The number of halogens is 1. The van der Waals surface area contributed by atoms with Crippen molar-refractivity contribution >= 4 is 23.0 Å². The maximum absolute atomic E-state index is 13.9. The van der Waals surface area contributed by atoms with Gasteiger partial charge in [0.05, 0.1) is 12.2 Å². The number of carbonyl (C=O) groups is 1. The van der Waals surface area contributed by atoms with Gasteiger partial charge in [0, 0.05) is 51.6 Å². The van der Waals surface area contributed by atoms with E-state index in [9.17, 15) is 9.18 Å². The van der Waals surface area contributed by atoms with Crippen LogP contribution >= 0.6 is 0 Å². The fraction of sp³-hybridized carbons (Fsp3) is 0.350. The lowest BCUT2D eigenvalue weighted by molar-refractivity contribution is -0.129. The predicted molar refractivity (Wildman–Crippen MR) is 104 cm³/mol. The summed E-state index contributed by atoms with van der Waals surface area (Å²) < 4.78 is 13.9. The molecule has 0 aromatic heterocycles. The largest absolute Gasteiger partial charge is 0.378 e. The van der Waals surface area contributed by atoms with Crippen LogP contribution in [-0.2, 0) is 4.79 Å².